The van der Waals surface area contributed by atoms with E-state index >= 15 is 0 Å². The van der Waals surface area contributed by atoms with Crippen molar-refractivity contribution < 1.29 is 27.8 Å². The number of carbonyl (C=O) groups excluding carboxylic acids is 1. The van der Waals surface area contributed by atoms with Gasteiger partial charge >= 0.3 is 5.97 Å². The van der Waals surface area contributed by atoms with Crippen molar-refractivity contribution in [2.45, 2.75) is 32.5 Å². The van der Waals surface area contributed by atoms with Crippen LogP contribution < -0.4 is 0 Å². The van der Waals surface area contributed by atoms with E-state index < -0.39 is 23.7 Å². The molecule has 2 rings (SSSR count). The number of esters is 1. The summed E-state index contributed by atoms with van der Waals surface area (Å²) in [5.74, 6) is -2.01. The molecule has 2 atom stereocenters. The van der Waals surface area contributed by atoms with E-state index in [1.165, 1.54) is 12.1 Å². The van der Waals surface area contributed by atoms with E-state index in [0.717, 1.165) is 12.1 Å². The number of carbonyl (C=O) groups is 1. The quantitative estimate of drug-likeness (QED) is 0.417. The second-order valence-electron chi connectivity index (χ2n) is 5.16. The molecule has 1 aromatic carbocycles. The molecule has 0 saturated carbocycles. The van der Waals surface area contributed by atoms with Crippen LogP contribution >= 0.6 is 0 Å². The van der Waals surface area contributed by atoms with E-state index in [0.29, 0.717) is 25.2 Å². The van der Waals surface area contributed by atoms with Gasteiger partial charge in [-0.15, -0.1) is 0 Å². The lowest BCUT2D eigenvalue weighted by molar-refractivity contribution is -0.137. The van der Waals surface area contributed by atoms with Gasteiger partial charge in [0.2, 0.25) is 0 Å². The molecule has 6 heteroatoms. The molecule has 0 N–H and O–H groups in total. The first-order valence-corrected chi connectivity index (χ1v) is 7.62. The van der Waals surface area contributed by atoms with Crippen LogP contribution in [0.2, 0.25) is 0 Å². The van der Waals surface area contributed by atoms with E-state index in [2.05, 4.69) is 0 Å². The normalized spacial score (nSPS) is 18.2. The van der Waals surface area contributed by atoms with Crippen molar-refractivity contribution in [2.24, 2.45) is 0 Å². The van der Waals surface area contributed by atoms with Crippen LogP contribution in [0.1, 0.15) is 37.5 Å². The van der Waals surface area contributed by atoms with Crippen molar-refractivity contribution in [1.29, 1.82) is 0 Å². The Labute approximate surface area is 134 Å². The van der Waals surface area contributed by atoms with Crippen molar-refractivity contribution in [3.05, 3.63) is 41.0 Å². The second kappa shape index (κ2) is 8.17. The molecule has 1 heterocycles. The van der Waals surface area contributed by atoms with Crippen molar-refractivity contribution in [1.82, 2.24) is 0 Å². The van der Waals surface area contributed by atoms with Gasteiger partial charge in [-0.25, -0.2) is 13.6 Å². The van der Waals surface area contributed by atoms with Gasteiger partial charge in [0.1, 0.15) is 17.7 Å². The highest BCUT2D eigenvalue weighted by Gasteiger charge is 2.25. The summed E-state index contributed by atoms with van der Waals surface area (Å²) in [6, 6.07) is 2.01. The average Bonchev–Trinajstić information content (AvgIpc) is 3.31. The lowest BCUT2D eigenvalue weighted by atomic mass is 9.99. The molecule has 126 valence electrons. The smallest absolute Gasteiger partial charge is 0.330 e. The van der Waals surface area contributed by atoms with Crippen LogP contribution in [-0.4, -0.2) is 31.9 Å². The molecule has 1 fully saturated rings. The fourth-order valence-corrected chi connectivity index (χ4v) is 2.20. The molecule has 1 saturated heterocycles. The first kappa shape index (κ1) is 17.6. The Kier molecular flexibility index (Phi) is 6.24. The van der Waals surface area contributed by atoms with E-state index in [9.17, 15) is 13.6 Å². The summed E-state index contributed by atoms with van der Waals surface area (Å²) < 4.78 is 43.3. The summed E-state index contributed by atoms with van der Waals surface area (Å²) in [7, 11) is 0. The van der Waals surface area contributed by atoms with Gasteiger partial charge in [-0.05, 0) is 31.1 Å². The van der Waals surface area contributed by atoms with Crippen molar-refractivity contribution in [3.8, 4) is 0 Å². The summed E-state index contributed by atoms with van der Waals surface area (Å²) in [6.07, 6.45) is 2.53. The molecule has 1 aromatic rings. The SMILES string of the molecule is CCOC(=O)/C=C/c1c(F)cc(F)cc1C(CC)OCC1CO1. The average molecular weight is 326 g/mol. The predicted octanol–water partition coefficient (Wildman–Crippen LogP) is 3.41. The molecule has 4 nitrogen and oxygen atoms in total. The number of epoxide rings is 1. The molecule has 23 heavy (non-hydrogen) atoms. The van der Waals surface area contributed by atoms with Gasteiger partial charge in [-0.2, -0.15) is 0 Å². The molecular weight excluding hydrogens is 306 g/mol. The van der Waals surface area contributed by atoms with Crippen LogP contribution in [0.15, 0.2) is 18.2 Å². The minimum absolute atomic E-state index is 0.0565. The maximum absolute atomic E-state index is 14.1. The van der Waals surface area contributed by atoms with Gasteiger partial charge in [-0.3, -0.25) is 0 Å². The van der Waals surface area contributed by atoms with Crippen LogP contribution in [0, 0.1) is 11.6 Å². The Balaban J connectivity index is 2.25. The lowest BCUT2D eigenvalue weighted by Gasteiger charge is -2.19. The van der Waals surface area contributed by atoms with Gasteiger partial charge in [-0.1, -0.05) is 6.92 Å². The Bertz CT molecular complexity index is 582. The second-order valence-corrected chi connectivity index (χ2v) is 5.16. The molecule has 2 unspecified atom stereocenters. The Morgan fingerprint density at radius 1 is 1.43 bits per heavy atom. The molecule has 0 spiro atoms. The Morgan fingerprint density at radius 3 is 2.78 bits per heavy atom. The van der Waals surface area contributed by atoms with Crippen molar-refractivity contribution in [2.75, 3.05) is 19.8 Å². The topological polar surface area (TPSA) is 48.1 Å². The van der Waals surface area contributed by atoms with Crippen molar-refractivity contribution in [3.63, 3.8) is 0 Å². The van der Waals surface area contributed by atoms with Gasteiger partial charge in [0.25, 0.3) is 0 Å². The first-order chi connectivity index (χ1) is 11.0. The Morgan fingerprint density at radius 2 is 2.17 bits per heavy atom. The summed E-state index contributed by atoms with van der Waals surface area (Å²) in [6.45, 7) is 4.78. The van der Waals surface area contributed by atoms with Gasteiger partial charge in [0.05, 0.1) is 25.9 Å². The first-order valence-electron chi connectivity index (χ1n) is 7.62. The highest BCUT2D eigenvalue weighted by molar-refractivity contribution is 5.87. The zero-order valence-electron chi connectivity index (χ0n) is 13.2. The van der Waals surface area contributed by atoms with Gasteiger partial charge in [0.15, 0.2) is 0 Å². The summed E-state index contributed by atoms with van der Waals surface area (Å²) in [5, 5.41) is 0. The van der Waals surface area contributed by atoms with Crippen LogP contribution in [0.5, 0.6) is 0 Å². The predicted molar refractivity (Wildman–Crippen MR) is 80.7 cm³/mol. The van der Waals surface area contributed by atoms with E-state index in [1.54, 1.807) is 6.92 Å². The Hall–Kier alpha value is -1.79. The zero-order chi connectivity index (χ0) is 16.8. The van der Waals surface area contributed by atoms with Gasteiger partial charge in [0, 0.05) is 17.7 Å². The highest BCUT2D eigenvalue weighted by Crippen LogP contribution is 2.29. The molecular formula is C17H20F2O4. The molecule has 0 aliphatic carbocycles. The highest BCUT2D eigenvalue weighted by atomic mass is 19.1. The van der Waals surface area contributed by atoms with Crippen LogP contribution in [-0.2, 0) is 19.0 Å². The molecule has 1 aliphatic heterocycles. The van der Waals surface area contributed by atoms with Crippen LogP contribution in [0.25, 0.3) is 6.08 Å². The molecule has 0 aromatic heterocycles. The fourth-order valence-electron chi connectivity index (χ4n) is 2.20. The number of halogens is 2. The summed E-state index contributed by atoms with van der Waals surface area (Å²) >= 11 is 0. The zero-order valence-corrected chi connectivity index (χ0v) is 13.2. The van der Waals surface area contributed by atoms with Crippen molar-refractivity contribution >= 4 is 12.0 Å². The maximum Gasteiger partial charge on any atom is 0.330 e. The maximum atomic E-state index is 14.1. The largest absolute Gasteiger partial charge is 0.463 e. The number of benzene rings is 1. The van der Waals surface area contributed by atoms with E-state index in [1.807, 2.05) is 6.92 Å². The van der Waals surface area contributed by atoms with Crippen LogP contribution in [0.4, 0.5) is 8.78 Å². The molecule has 0 amide bonds. The monoisotopic (exact) mass is 326 g/mol. The molecule has 0 bridgehead atoms. The third kappa shape index (κ3) is 5.11. The van der Waals surface area contributed by atoms with E-state index in [4.69, 9.17) is 14.2 Å². The van der Waals surface area contributed by atoms with Crippen LogP contribution in [0.3, 0.4) is 0 Å². The molecule has 0 radical (unpaired) electrons. The summed E-state index contributed by atoms with van der Waals surface area (Å²) in [4.78, 5) is 11.4. The number of hydrogen-bond donors (Lipinski definition) is 0. The third-order valence-electron chi connectivity index (χ3n) is 3.40. The number of ether oxygens (including phenoxy) is 3. The van der Waals surface area contributed by atoms with Gasteiger partial charge < -0.3 is 14.2 Å². The minimum Gasteiger partial charge on any atom is -0.463 e. The third-order valence-corrected chi connectivity index (χ3v) is 3.40. The molecule has 1 aliphatic rings. The number of hydrogen-bond acceptors (Lipinski definition) is 4. The lowest BCUT2D eigenvalue weighted by Crippen LogP contribution is -2.11. The standard InChI is InChI=1S/C17H20F2O4/c1-3-16(23-10-12-9-22-12)14-7-11(18)8-15(19)13(14)5-6-17(20)21-4-2/h5-8,12,16H,3-4,9-10H2,1-2H3/b6-5+. The number of rotatable bonds is 8. The summed E-state index contributed by atoms with van der Waals surface area (Å²) in [5.41, 5.74) is 0.495. The van der Waals surface area contributed by atoms with E-state index in [-0.39, 0.29) is 18.3 Å². The minimum atomic E-state index is -0.745. The fraction of sp³-hybridized carbons (Fsp3) is 0.471.